The average Bonchev–Trinajstić information content (AvgIpc) is 2.79. The second-order valence-electron chi connectivity index (χ2n) is 4.58. The molecule has 1 aromatic carbocycles. The van der Waals surface area contributed by atoms with Gasteiger partial charge in [-0.1, -0.05) is 16.8 Å². The van der Waals surface area contributed by atoms with E-state index in [1.165, 1.54) is 0 Å². The highest BCUT2D eigenvalue weighted by Crippen LogP contribution is 2.33. The third kappa shape index (κ3) is 3.71. The summed E-state index contributed by atoms with van der Waals surface area (Å²) in [6.45, 7) is 1.96. The van der Waals surface area contributed by atoms with Gasteiger partial charge in [0.05, 0.1) is 13.0 Å². The van der Waals surface area contributed by atoms with Gasteiger partial charge < -0.3 is 9.57 Å². The summed E-state index contributed by atoms with van der Waals surface area (Å²) in [5, 5.41) is 5.72. The van der Waals surface area contributed by atoms with Crippen molar-refractivity contribution in [1.82, 2.24) is 0 Å². The molecule has 0 saturated heterocycles. The van der Waals surface area contributed by atoms with E-state index < -0.39 is 0 Å². The maximum atomic E-state index is 6.00. The summed E-state index contributed by atoms with van der Waals surface area (Å²) in [4.78, 5) is 5.35. The van der Waals surface area contributed by atoms with Gasteiger partial charge in [0.15, 0.2) is 5.60 Å². The van der Waals surface area contributed by atoms with Gasteiger partial charge in [-0.05, 0) is 25.1 Å². The maximum absolute atomic E-state index is 6.00. The predicted octanol–water partition coefficient (Wildman–Crippen LogP) is 4.31. The van der Waals surface area contributed by atoms with Gasteiger partial charge in [-0.3, -0.25) is 0 Å². The zero-order chi connectivity index (χ0) is 13.9. The van der Waals surface area contributed by atoms with Crippen molar-refractivity contribution in [1.29, 1.82) is 0 Å². The SMILES string of the molecule is COc1ccc(Cl)cc1CSC1=NOC(C)(CCl)C1. The lowest BCUT2D eigenvalue weighted by Crippen LogP contribution is -2.26. The molecule has 0 N–H and O–H groups in total. The molecule has 3 nitrogen and oxygen atoms in total. The van der Waals surface area contributed by atoms with E-state index in [2.05, 4.69) is 5.16 Å². The van der Waals surface area contributed by atoms with E-state index in [1.807, 2.05) is 25.1 Å². The van der Waals surface area contributed by atoms with Crippen molar-refractivity contribution in [2.75, 3.05) is 13.0 Å². The largest absolute Gasteiger partial charge is 0.496 e. The van der Waals surface area contributed by atoms with Gasteiger partial charge >= 0.3 is 0 Å². The Morgan fingerprint density at radius 3 is 2.95 bits per heavy atom. The molecule has 104 valence electrons. The molecule has 0 aliphatic carbocycles. The molecule has 1 unspecified atom stereocenters. The Hall–Kier alpha value is -0.580. The highest BCUT2D eigenvalue weighted by molar-refractivity contribution is 8.13. The molecule has 19 heavy (non-hydrogen) atoms. The Bertz CT molecular complexity index is 496. The molecule has 0 bridgehead atoms. The van der Waals surface area contributed by atoms with Crippen LogP contribution in [-0.2, 0) is 10.6 Å². The van der Waals surface area contributed by atoms with Crippen LogP contribution in [0.5, 0.6) is 5.75 Å². The molecule has 1 aliphatic heterocycles. The van der Waals surface area contributed by atoms with Crippen LogP contribution in [0.15, 0.2) is 23.4 Å². The summed E-state index contributed by atoms with van der Waals surface area (Å²) >= 11 is 13.5. The highest BCUT2D eigenvalue weighted by Gasteiger charge is 2.33. The number of methoxy groups -OCH3 is 1. The molecular formula is C13H15Cl2NO2S. The monoisotopic (exact) mass is 319 g/mol. The Morgan fingerprint density at radius 2 is 2.32 bits per heavy atom. The minimum atomic E-state index is -0.373. The second-order valence-corrected chi connectivity index (χ2v) is 6.33. The number of thioether (sulfide) groups is 1. The van der Waals surface area contributed by atoms with E-state index in [0.717, 1.165) is 28.5 Å². The number of nitrogens with zero attached hydrogens (tertiary/aromatic N) is 1. The number of halogens is 2. The molecule has 1 aliphatic rings. The zero-order valence-corrected chi connectivity index (χ0v) is 13.1. The lowest BCUT2D eigenvalue weighted by Gasteiger charge is -2.16. The fraction of sp³-hybridized carbons (Fsp3) is 0.462. The van der Waals surface area contributed by atoms with Crippen molar-refractivity contribution in [3.63, 3.8) is 0 Å². The molecule has 6 heteroatoms. The van der Waals surface area contributed by atoms with Crippen LogP contribution in [0.1, 0.15) is 18.9 Å². The Kier molecular flexibility index (Phi) is 4.87. The summed E-state index contributed by atoms with van der Waals surface area (Å²) in [6, 6.07) is 5.59. The number of benzene rings is 1. The Labute approximate surface area is 127 Å². The number of ether oxygens (including phenoxy) is 1. The second kappa shape index (κ2) is 6.25. The number of alkyl halides is 1. The zero-order valence-electron chi connectivity index (χ0n) is 10.8. The number of hydrogen-bond donors (Lipinski definition) is 0. The Balaban J connectivity index is 1.98. The maximum Gasteiger partial charge on any atom is 0.154 e. The molecule has 1 heterocycles. The van der Waals surface area contributed by atoms with Crippen molar-refractivity contribution >= 4 is 40.0 Å². The first kappa shape index (κ1) is 14.8. The van der Waals surface area contributed by atoms with Gasteiger partial charge in [0.25, 0.3) is 0 Å². The molecule has 1 atom stereocenters. The normalized spacial score (nSPS) is 22.0. The smallest absolute Gasteiger partial charge is 0.154 e. The number of hydrogen-bond acceptors (Lipinski definition) is 4. The molecular weight excluding hydrogens is 305 g/mol. The first-order valence-electron chi connectivity index (χ1n) is 5.82. The number of oxime groups is 1. The van der Waals surface area contributed by atoms with Crippen molar-refractivity contribution in [3.05, 3.63) is 28.8 Å². The minimum absolute atomic E-state index is 0.373. The average molecular weight is 320 g/mol. The van der Waals surface area contributed by atoms with Crippen LogP contribution in [0, 0.1) is 0 Å². The van der Waals surface area contributed by atoms with Gasteiger partial charge in [0.2, 0.25) is 0 Å². The predicted molar refractivity (Wildman–Crippen MR) is 81.6 cm³/mol. The van der Waals surface area contributed by atoms with E-state index in [0.29, 0.717) is 10.9 Å². The van der Waals surface area contributed by atoms with Crippen molar-refractivity contribution in [2.45, 2.75) is 24.7 Å². The van der Waals surface area contributed by atoms with Gasteiger partial charge in [-0.2, -0.15) is 0 Å². The third-order valence-corrected chi connectivity index (χ3v) is 4.62. The third-order valence-electron chi connectivity index (χ3n) is 2.81. The first-order chi connectivity index (χ1) is 9.06. The van der Waals surface area contributed by atoms with E-state index >= 15 is 0 Å². The standard InChI is InChI=1S/C13H15Cl2NO2S/c1-13(8-14)6-12(16-18-13)19-7-9-5-10(15)3-4-11(9)17-2/h3-5H,6-8H2,1-2H3. The van der Waals surface area contributed by atoms with Crippen LogP contribution in [0.25, 0.3) is 0 Å². The molecule has 0 saturated carbocycles. The van der Waals surface area contributed by atoms with Crippen molar-refractivity contribution < 1.29 is 9.57 Å². The van der Waals surface area contributed by atoms with E-state index in [-0.39, 0.29) is 5.60 Å². The van der Waals surface area contributed by atoms with E-state index in [1.54, 1.807) is 18.9 Å². The molecule has 2 rings (SSSR count). The van der Waals surface area contributed by atoms with Crippen molar-refractivity contribution in [2.24, 2.45) is 5.16 Å². The van der Waals surface area contributed by atoms with Gasteiger partial charge in [-0.15, -0.1) is 23.4 Å². The molecule has 0 spiro atoms. The van der Waals surface area contributed by atoms with Crippen LogP contribution in [0.4, 0.5) is 0 Å². The topological polar surface area (TPSA) is 30.8 Å². The summed E-state index contributed by atoms with van der Waals surface area (Å²) in [5.74, 6) is 2.00. The van der Waals surface area contributed by atoms with Crippen molar-refractivity contribution in [3.8, 4) is 5.75 Å². The van der Waals surface area contributed by atoms with Crippen LogP contribution < -0.4 is 4.74 Å². The quantitative estimate of drug-likeness (QED) is 0.775. The van der Waals surface area contributed by atoms with Crippen LogP contribution in [-0.4, -0.2) is 23.6 Å². The van der Waals surface area contributed by atoms with Gasteiger partial charge in [0, 0.05) is 22.8 Å². The fourth-order valence-electron chi connectivity index (χ4n) is 1.72. The van der Waals surface area contributed by atoms with Crippen LogP contribution in [0.3, 0.4) is 0 Å². The molecule has 0 fully saturated rings. The molecule has 1 aromatic rings. The summed E-state index contributed by atoms with van der Waals surface area (Å²) < 4.78 is 5.31. The summed E-state index contributed by atoms with van der Waals surface area (Å²) in [5.41, 5.74) is 0.671. The van der Waals surface area contributed by atoms with E-state index in [4.69, 9.17) is 32.8 Å². The number of rotatable bonds is 4. The van der Waals surface area contributed by atoms with E-state index in [9.17, 15) is 0 Å². The highest BCUT2D eigenvalue weighted by atomic mass is 35.5. The summed E-state index contributed by atoms with van der Waals surface area (Å²) in [7, 11) is 1.65. The molecule has 0 amide bonds. The van der Waals surface area contributed by atoms with Gasteiger partial charge in [0.1, 0.15) is 10.8 Å². The lowest BCUT2D eigenvalue weighted by molar-refractivity contribution is 0.0152. The molecule has 0 aromatic heterocycles. The van der Waals surface area contributed by atoms with Crippen LogP contribution >= 0.6 is 35.0 Å². The fourth-order valence-corrected chi connectivity index (χ4v) is 3.10. The Morgan fingerprint density at radius 1 is 1.53 bits per heavy atom. The lowest BCUT2D eigenvalue weighted by atomic mass is 10.1. The first-order valence-corrected chi connectivity index (χ1v) is 7.72. The minimum Gasteiger partial charge on any atom is -0.496 e. The van der Waals surface area contributed by atoms with Gasteiger partial charge in [-0.25, -0.2) is 0 Å². The molecule has 0 radical (unpaired) electrons. The van der Waals surface area contributed by atoms with Crippen LogP contribution in [0.2, 0.25) is 5.02 Å². The summed E-state index contributed by atoms with van der Waals surface area (Å²) in [6.07, 6.45) is 0.740.